The number of hydrogen-bond donors (Lipinski definition) is 1. The largest absolute Gasteiger partial charge is 0.317 e. The van der Waals surface area contributed by atoms with Crippen LogP contribution < -0.4 is 5.32 Å². The molecule has 0 bridgehead atoms. The standard InChI is InChI=1S/C17H36ClN/c1-2-3-4-5-6-7-8-9-10-13-16-19-17-14-11-12-15-18/h19H,2-17H2,1H3. The van der Waals surface area contributed by atoms with Gasteiger partial charge >= 0.3 is 0 Å². The lowest BCUT2D eigenvalue weighted by Gasteiger charge is -2.04. The maximum absolute atomic E-state index is 5.64. The average molecular weight is 290 g/mol. The number of rotatable bonds is 16. The summed E-state index contributed by atoms with van der Waals surface area (Å²) in [7, 11) is 0. The highest BCUT2D eigenvalue weighted by Crippen LogP contribution is 2.10. The van der Waals surface area contributed by atoms with Gasteiger partial charge in [-0.2, -0.15) is 0 Å². The van der Waals surface area contributed by atoms with E-state index in [4.69, 9.17) is 11.6 Å². The summed E-state index contributed by atoms with van der Waals surface area (Å²) in [5, 5.41) is 3.53. The van der Waals surface area contributed by atoms with Gasteiger partial charge in [0.1, 0.15) is 0 Å². The first-order valence-electron chi connectivity index (χ1n) is 8.68. The van der Waals surface area contributed by atoms with E-state index in [2.05, 4.69) is 12.2 Å². The van der Waals surface area contributed by atoms with E-state index in [-0.39, 0.29) is 0 Å². The second-order valence-electron chi connectivity index (χ2n) is 5.68. The Morgan fingerprint density at radius 3 is 1.47 bits per heavy atom. The Morgan fingerprint density at radius 1 is 0.579 bits per heavy atom. The normalized spacial score (nSPS) is 11.1. The van der Waals surface area contributed by atoms with Crippen LogP contribution in [0.1, 0.15) is 90.4 Å². The van der Waals surface area contributed by atoms with E-state index in [0.717, 1.165) is 5.88 Å². The molecule has 0 rings (SSSR count). The quantitative estimate of drug-likeness (QED) is 0.275. The van der Waals surface area contributed by atoms with Gasteiger partial charge in [-0.1, -0.05) is 71.1 Å². The van der Waals surface area contributed by atoms with Crippen molar-refractivity contribution >= 4 is 11.6 Å². The summed E-state index contributed by atoms with van der Waals surface area (Å²) < 4.78 is 0. The SMILES string of the molecule is CCCCCCCCCCCCNCCCCCCl. The highest BCUT2D eigenvalue weighted by Gasteiger charge is 1.93. The Bertz CT molecular complexity index is 134. The Kier molecular flexibility index (Phi) is 18.5. The zero-order chi connectivity index (χ0) is 14.0. The molecule has 2 heteroatoms. The topological polar surface area (TPSA) is 12.0 Å². The predicted molar refractivity (Wildman–Crippen MR) is 89.3 cm³/mol. The summed E-state index contributed by atoms with van der Waals surface area (Å²) >= 11 is 5.64. The van der Waals surface area contributed by atoms with Crippen LogP contribution in [0, 0.1) is 0 Å². The molecular weight excluding hydrogens is 254 g/mol. The second kappa shape index (κ2) is 18.2. The third kappa shape index (κ3) is 18.2. The number of hydrogen-bond acceptors (Lipinski definition) is 1. The highest BCUT2D eigenvalue weighted by atomic mass is 35.5. The third-order valence-electron chi connectivity index (χ3n) is 3.69. The minimum absolute atomic E-state index is 0.818. The van der Waals surface area contributed by atoms with Gasteiger partial charge in [-0.05, 0) is 32.4 Å². The van der Waals surface area contributed by atoms with Crippen molar-refractivity contribution in [2.45, 2.75) is 90.4 Å². The van der Waals surface area contributed by atoms with Gasteiger partial charge in [-0.25, -0.2) is 0 Å². The first kappa shape index (κ1) is 19.2. The minimum atomic E-state index is 0.818. The van der Waals surface area contributed by atoms with Crippen LogP contribution in [-0.2, 0) is 0 Å². The molecule has 0 heterocycles. The Labute approximate surface area is 126 Å². The Balaban J connectivity index is 2.88. The molecular formula is C17H36ClN. The fourth-order valence-corrected chi connectivity index (χ4v) is 2.57. The van der Waals surface area contributed by atoms with Gasteiger partial charge < -0.3 is 5.32 Å². The molecule has 1 nitrogen and oxygen atoms in total. The molecule has 0 spiro atoms. The van der Waals surface area contributed by atoms with Crippen LogP contribution in [0.4, 0.5) is 0 Å². The van der Waals surface area contributed by atoms with Crippen LogP contribution in [-0.4, -0.2) is 19.0 Å². The molecule has 0 saturated heterocycles. The molecule has 0 unspecified atom stereocenters. The molecule has 19 heavy (non-hydrogen) atoms. The van der Waals surface area contributed by atoms with Gasteiger partial charge in [0.25, 0.3) is 0 Å². The molecule has 0 radical (unpaired) electrons. The van der Waals surface area contributed by atoms with Crippen LogP contribution in [0.5, 0.6) is 0 Å². The molecule has 0 aromatic heterocycles. The molecule has 116 valence electrons. The van der Waals surface area contributed by atoms with E-state index >= 15 is 0 Å². The summed E-state index contributed by atoms with van der Waals surface area (Å²) in [5.41, 5.74) is 0. The van der Waals surface area contributed by atoms with Crippen LogP contribution >= 0.6 is 11.6 Å². The van der Waals surface area contributed by atoms with Gasteiger partial charge in [0.2, 0.25) is 0 Å². The van der Waals surface area contributed by atoms with E-state index in [1.54, 1.807) is 0 Å². The van der Waals surface area contributed by atoms with E-state index in [1.165, 1.54) is 96.6 Å². The second-order valence-corrected chi connectivity index (χ2v) is 6.06. The lowest BCUT2D eigenvalue weighted by atomic mass is 10.1. The maximum Gasteiger partial charge on any atom is 0.0223 e. The van der Waals surface area contributed by atoms with Crippen molar-refractivity contribution in [3.05, 3.63) is 0 Å². The Morgan fingerprint density at radius 2 is 1.00 bits per heavy atom. The molecule has 0 atom stereocenters. The summed E-state index contributed by atoms with van der Waals surface area (Å²) in [6.07, 6.45) is 18.0. The van der Waals surface area contributed by atoms with Crippen molar-refractivity contribution in [2.24, 2.45) is 0 Å². The monoisotopic (exact) mass is 289 g/mol. The van der Waals surface area contributed by atoms with Gasteiger partial charge in [0, 0.05) is 5.88 Å². The van der Waals surface area contributed by atoms with Crippen molar-refractivity contribution in [2.75, 3.05) is 19.0 Å². The fourth-order valence-electron chi connectivity index (χ4n) is 2.38. The van der Waals surface area contributed by atoms with Crippen LogP contribution in [0.3, 0.4) is 0 Å². The zero-order valence-corrected chi connectivity index (χ0v) is 13.9. The lowest BCUT2D eigenvalue weighted by molar-refractivity contribution is 0.538. The summed E-state index contributed by atoms with van der Waals surface area (Å²) in [5.74, 6) is 0.818. The van der Waals surface area contributed by atoms with Gasteiger partial charge in [0.05, 0.1) is 0 Å². The van der Waals surface area contributed by atoms with Crippen molar-refractivity contribution in [1.29, 1.82) is 0 Å². The molecule has 0 aliphatic rings. The molecule has 0 aliphatic carbocycles. The molecule has 0 fully saturated rings. The van der Waals surface area contributed by atoms with Crippen molar-refractivity contribution in [3.8, 4) is 0 Å². The number of halogens is 1. The van der Waals surface area contributed by atoms with Crippen LogP contribution in [0.15, 0.2) is 0 Å². The lowest BCUT2D eigenvalue weighted by Crippen LogP contribution is -2.16. The smallest absolute Gasteiger partial charge is 0.0223 e. The molecule has 0 aromatic rings. The van der Waals surface area contributed by atoms with E-state index in [9.17, 15) is 0 Å². The molecule has 0 aromatic carbocycles. The fraction of sp³-hybridized carbons (Fsp3) is 1.00. The van der Waals surface area contributed by atoms with E-state index in [0.29, 0.717) is 0 Å². The molecule has 0 aliphatic heterocycles. The maximum atomic E-state index is 5.64. The zero-order valence-electron chi connectivity index (χ0n) is 13.2. The van der Waals surface area contributed by atoms with Crippen molar-refractivity contribution in [1.82, 2.24) is 5.32 Å². The summed E-state index contributed by atoms with van der Waals surface area (Å²) in [4.78, 5) is 0. The highest BCUT2D eigenvalue weighted by molar-refractivity contribution is 6.17. The van der Waals surface area contributed by atoms with Gasteiger partial charge in [0.15, 0.2) is 0 Å². The third-order valence-corrected chi connectivity index (χ3v) is 3.96. The first-order valence-corrected chi connectivity index (χ1v) is 9.22. The Hall–Kier alpha value is 0.250. The van der Waals surface area contributed by atoms with Gasteiger partial charge in [-0.15, -0.1) is 11.6 Å². The van der Waals surface area contributed by atoms with Crippen LogP contribution in [0.25, 0.3) is 0 Å². The average Bonchev–Trinajstić information content (AvgIpc) is 2.43. The van der Waals surface area contributed by atoms with E-state index < -0.39 is 0 Å². The minimum Gasteiger partial charge on any atom is -0.317 e. The summed E-state index contributed by atoms with van der Waals surface area (Å²) in [6.45, 7) is 4.66. The van der Waals surface area contributed by atoms with Crippen molar-refractivity contribution in [3.63, 3.8) is 0 Å². The van der Waals surface area contributed by atoms with Crippen molar-refractivity contribution < 1.29 is 0 Å². The first-order chi connectivity index (χ1) is 9.41. The molecule has 0 saturated carbocycles. The number of unbranched alkanes of at least 4 members (excludes halogenated alkanes) is 11. The van der Waals surface area contributed by atoms with E-state index in [1.807, 2.05) is 0 Å². The number of alkyl halides is 1. The summed E-state index contributed by atoms with van der Waals surface area (Å²) in [6, 6.07) is 0. The van der Waals surface area contributed by atoms with Crippen LogP contribution in [0.2, 0.25) is 0 Å². The number of nitrogens with one attached hydrogen (secondary N) is 1. The molecule has 1 N–H and O–H groups in total. The predicted octanol–water partition coefficient (Wildman–Crippen LogP) is 5.91. The van der Waals surface area contributed by atoms with Gasteiger partial charge in [-0.3, -0.25) is 0 Å². The molecule has 0 amide bonds.